The molecule has 0 aromatic heterocycles. The third-order valence-corrected chi connectivity index (χ3v) is 11.0. The van der Waals surface area contributed by atoms with Crippen LogP contribution in [0.2, 0.25) is 18.1 Å². The Hall–Kier alpha value is -2.51. The van der Waals surface area contributed by atoms with E-state index in [0.717, 1.165) is 24.0 Å². The van der Waals surface area contributed by atoms with Crippen LogP contribution in [0.1, 0.15) is 57.2 Å². The van der Waals surface area contributed by atoms with E-state index in [9.17, 15) is 14.0 Å². The van der Waals surface area contributed by atoms with Gasteiger partial charge in [-0.15, -0.1) is 0 Å². The van der Waals surface area contributed by atoms with Gasteiger partial charge in [-0.1, -0.05) is 63.2 Å². The third-order valence-electron chi connectivity index (χ3n) is 6.60. The first kappa shape index (κ1) is 25.1. The lowest BCUT2D eigenvalue weighted by atomic mass is 10.0. The lowest BCUT2D eigenvalue weighted by molar-refractivity contribution is -0.130. The van der Waals surface area contributed by atoms with Crippen LogP contribution in [0, 0.1) is 5.82 Å². The van der Waals surface area contributed by atoms with Crippen LogP contribution in [0.4, 0.5) is 9.18 Å². The molecule has 1 fully saturated rings. The smallest absolute Gasteiger partial charge is 0.417 e. The molecule has 1 heterocycles. The van der Waals surface area contributed by atoms with E-state index < -0.39 is 26.7 Å². The van der Waals surface area contributed by atoms with Crippen LogP contribution in [0.25, 0.3) is 0 Å². The fourth-order valence-electron chi connectivity index (χ4n) is 3.60. The van der Waals surface area contributed by atoms with Crippen LogP contribution >= 0.6 is 0 Å². The summed E-state index contributed by atoms with van der Waals surface area (Å²) in [4.78, 5) is 27.2. The van der Waals surface area contributed by atoms with E-state index >= 15 is 0 Å². The largest absolute Gasteiger partial charge is 0.419 e. The van der Waals surface area contributed by atoms with Gasteiger partial charge in [0.2, 0.25) is 12.2 Å². The molecule has 0 saturated carbocycles. The minimum atomic E-state index is -2.25. The molecule has 2 atom stereocenters. The number of aryl methyl sites for hydroxylation is 1. The number of benzene rings is 2. The zero-order valence-electron chi connectivity index (χ0n) is 20.1. The average Bonchev–Trinajstić information content (AvgIpc) is 3.07. The Balaban J connectivity index is 1.71. The number of unbranched alkanes of at least 4 members (excludes halogenated alkanes) is 1. The summed E-state index contributed by atoms with van der Waals surface area (Å²) < 4.78 is 25.1. The summed E-state index contributed by atoms with van der Waals surface area (Å²) in [5.74, 6) is -0.530. The zero-order valence-corrected chi connectivity index (χ0v) is 21.1. The van der Waals surface area contributed by atoms with Crippen LogP contribution in [0.3, 0.4) is 0 Å². The van der Waals surface area contributed by atoms with Crippen molar-refractivity contribution in [3.8, 4) is 0 Å². The molecule has 1 aliphatic heterocycles. The Labute approximate surface area is 197 Å². The SMILES string of the molecule is CC(C)(C)[Si](C)(C)OC1OC(=O)N(C(=O)CCCCc2ccc(F)cc2)C1c1ccccc1. The molecule has 0 radical (unpaired) electrons. The van der Waals surface area contributed by atoms with Gasteiger partial charge in [-0.3, -0.25) is 4.79 Å². The maximum Gasteiger partial charge on any atom is 0.419 e. The number of ether oxygens (including phenoxy) is 1. The van der Waals surface area contributed by atoms with Gasteiger partial charge in [0.15, 0.2) is 8.32 Å². The second kappa shape index (κ2) is 10.2. The van der Waals surface area contributed by atoms with E-state index in [0.29, 0.717) is 6.42 Å². The minimum absolute atomic E-state index is 0.0710. The maximum absolute atomic E-state index is 13.1. The second-order valence-corrected chi connectivity index (χ2v) is 14.8. The van der Waals surface area contributed by atoms with Gasteiger partial charge in [-0.05, 0) is 60.7 Å². The highest BCUT2D eigenvalue weighted by Gasteiger charge is 2.50. The van der Waals surface area contributed by atoms with Crippen molar-refractivity contribution in [1.82, 2.24) is 4.90 Å². The van der Waals surface area contributed by atoms with Crippen LogP contribution < -0.4 is 0 Å². The van der Waals surface area contributed by atoms with Gasteiger partial charge < -0.3 is 9.16 Å². The summed E-state index contributed by atoms with van der Waals surface area (Å²) in [6.45, 7) is 10.6. The predicted molar refractivity (Wildman–Crippen MR) is 129 cm³/mol. The molecule has 1 saturated heterocycles. The number of carbonyl (C=O) groups is 2. The van der Waals surface area contributed by atoms with Crippen molar-refractivity contribution in [3.05, 3.63) is 71.5 Å². The highest BCUT2D eigenvalue weighted by Crippen LogP contribution is 2.42. The Kier molecular flexibility index (Phi) is 7.75. The number of carbonyl (C=O) groups excluding carboxylic acids is 2. The van der Waals surface area contributed by atoms with E-state index in [4.69, 9.17) is 9.16 Å². The van der Waals surface area contributed by atoms with Crippen molar-refractivity contribution in [2.24, 2.45) is 0 Å². The summed E-state index contributed by atoms with van der Waals surface area (Å²) in [6.07, 6.45) is 0.874. The minimum Gasteiger partial charge on any atom is -0.417 e. The fourth-order valence-corrected chi connectivity index (χ4v) is 4.71. The normalized spacial score (nSPS) is 19.0. The van der Waals surface area contributed by atoms with Crippen molar-refractivity contribution < 1.29 is 23.1 Å². The number of rotatable bonds is 8. The molecule has 178 valence electrons. The van der Waals surface area contributed by atoms with Gasteiger partial charge >= 0.3 is 6.09 Å². The summed E-state index contributed by atoms with van der Waals surface area (Å²) in [6, 6.07) is 15.2. The molecule has 2 aromatic rings. The van der Waals surface area contributed by atoms with E-state index in [2.05, 4.69) is 33.9 Å². The number of halogens is 1. The number of nitrogens with zero attached hydrogens (tertiary/aromatic N) is 1. The monoisotopic (exact) mass is 471 g/mol. The van der Waals surface area contributed by atoms with Gasteiger partial charge in [0.1, 0.15) is 11.9 Å². The molecule has 2 unspecified atom stereocenters. The Morgan fingerprint density at radius 1 is 1.06 bits per heavy atom. The molecule has 2 amide bonds. The summed E-state index contributed by atoms with van der Waals surface area (Å²) in [7, 11) is -2.25. The van der Waals surface area contributed by atoms with Gasteiger partial charge in [0.25, 0.3) is 0 Å². The Morgan fingerprint density at radius 2 is 1.70 bits per heavy atom. The number of cyclic esters (lactones) is 1. The summed E-state index contributed by atoms with van der Waals surface area (Å²) >= 11 is 0. The third kappa shape index (κ3) is 6.09. The van der Waals surface area contributed by atoms with E-state index in [1.807, 2.05) is 30.3 Å². The summed E-state index contributed by atoms with van der Waals surface area (Å²) in [5, 5.41) is -0.0710. The topological polar surface area (TPSA) is 55.8 Å². The van der Waals surface area contributed by atoms with Crippen LogP contribution in [-0.4, -0.2) is 31.5 Å². The molecule has 5 nitrogen and oxygen atoms in total. The Morgan fingerprint density at radius 3 is 2.30 bits per heavy atom. The van der Waals surface area contributed by atoms with E-state index in [1.54, 1.807) is 12.1 Å². The average molecular weight is 472 g/mol. The summed E-state index contributed by atoms with van der Waals surface area (Å²) in [5.41, 5.74) is 1.83. The maximum atomic E-state index is 13.1. The van der Waals surface area contributed by atoms with Crippen molar-refractivity contribution in [2.45, 2.75) is 76.9 Å². The molecule has 0 bridgehead atoms. The van der Waals surface area contributed by atoms with Crippen LogP contribution in [0.5, 0.6) is 0 Å². The molecule has 7 heteroatoms. The molecular weight excluding hydrogens is 437 g/mol. The predicted octanol–water partition coefficient (Wildman–Crippen LogP) is 6.61. The van der Waals surface area contributed by atoms with Gasteiger partial charge in [0.05, 0.1) is 0 Å². The lowest BCUT2D eigenvalue weighted by Crippen LogP contribution is -2.46. The van der Waals surface area contributed by atoms with Gasteiger partial charge in [0, 0.05) is 6.42 Å². The molecule has 33 heavy (non-hydrogen) atoms. The quantitative estimate of drug-likeness (QED) is 0.321. The lowest BCUT2D eigenvalue weighted by Gasteiger charge is -2.38. The van der Waals surface area contributed by atoms with E-state index in [1.165, 1.54) is 17.0 Å². The fraction of sp³-hybridized carbons (Fsp3) is 0.462. The van der Waals surface area contributed by atoms with Crippen molar-refractivity contribution in [3.63, 3.8) is 0 Å². The Bertz CT molecular complexity index is 957. The molecular formula is C26H34FNO4Si. The number of amides is 2. The number of hydrogen-bond donors (Lipinski definition) is 0. The standard InChI is InChI=1S/C26H34FNO4Si/c1-26(2,3)33(4,5)32-24-23(20-12-7-6-8-13-20)28(25(30)31-24)22(29)14-10-9-11-19-15-17-21(27)18-16-19/h6-8,12-13,15-18,23-24H,9-11,14H2,1-5H3. The highest BCUT2D eigenvalue weighted by atomic mass is 28.4. The second-order valence-electron chi connectivity index (χ2n) is 10.1. The molecule has 0 aliphatic carbocycles. The number of hydrogen-bond acceptors (Lipinski definition) is 4. The molecule has 0 N–H and O–H groups in total. The molecule has 1 aliphatic rings. The first-order valence-corrected chi connectivity index (χ1v) is 14.4. The van der Waals surface area contributed by atoms with Gasteiger partial charge in [-0.2, -0.15) is 0 Å². The van der Waals surface area contributed by atoms with Gasteiger partial charge in [-0.25, -0.2) is 14.1 Å². The molecule has 0 spiro atoms. The first-order valence-electron chi connectivity index (χ1n) is 11.5. The van der Waals surface area contributed by atoms with E-state index in [-0.39, 0.29) is 23.2 Å². The molecule has 2 aromatic carbocycles. The highest BCUT2D eigenvalue weighted by molar-refractivity contribution is 6.74. The van der Waals surface area contributed by atoms with Crippen molar-refractivity contribution in [2.75, 3.05) is 0 Å². The van der Waals surface area contributed by atoms with Crippen molar-refractivity contribution in [1.29, 1.82) is 0 Å². The van der Waals surface area contributed by atoms with Crippen LogP contribution in [-0.2, 0) is 20.4 Å². The number of imide groups is 1. The molecule has 3 rings (SSSR count). The first-order chi connectivity index (χ1) is 15.5. The van der Waals surface area contributed by atoms with Crippen LogP contribution in [0.15, 0.2) is 54.6 Å². The zero-order chi connectivity index (χ0) is 24.2. The van der Waals surface area contributed by atoms with Crippen molar-refractivity contribution >= 4 is 20.3 Å².